The number of hydrogen-bond acceptors (Lipinski definition) is 3. The third-order valence-corrected chi connectivity index (χ3v) is 3.82. The van der Waals surface area contributed by atoms with E-state index in [9.17, 15) is 5.11 Å². The van der Waals surface area contributed by atoms with Gasteiger partial charge in [-0.05, 0) is 39.0 Å². The van der Waals surface area contributed by atoms with Gasteiger partial charge in [0.1, 0.15) is 0 Å². The zero-order valence-electron chi connectivity index (χ0n) is 10.6. The fraction of sp³-hybridized carbons (Fsp3) is 1.00. The van der Waals surface area contributed by atoms with Crippen molar-refractivity contribution in [2.45, 2.75) is 45.3 Å². The maximum absolute atomic E-state index is 9.94. The van der Waals surface area contributed by atoms with Crippen molar-refractivity contribution in [2.24, 2.45) is 11.8 Å². The Morgan fingerprint density at radius 2 is 2.00 bits per heavy atom. The van der Waals surface area contributed by atoms with E-state index in [0.717, 1.165) is 32.1 Å². The van der Waals surface area contributed by atoms with Gasteiger partial charge in [0.2, 0.25) is 0 Å². The number of ether oxygens (including phenoxy) is 1. The largest absolute Gasteiger partial charge is 0.393 e. The van der Waals surface area contributed by atoms with Gasteiger partial charge in [-0.3, -0.25) is 0 Å². The molecule has 1 N–H and O–H groups in total. The Kier molecular flexibility index (Phi) is 4.22. The lowest BCUT2D eigenvalue weighted by Crippen LogP contribution is -2.44. The van der Waals surface area contributed by atoms with Gasteiger partial charge in [0.05, 0.1) is 12.7 Å². The molecule has 0 amide bonds. The van der Waals surface area contributed by atoms with E-state index >= 15 is 0 Å². The van der Waals surface area contributed by atoms with E-state index in [1.54, 1.807) is 0 Å². The summed E-state index contributed by atoms with van der Waals surface area (Å²) >= 11 is 0. The smallest absolute Gasteiger partial charge is 0.0624 e. The first kappa shape index (κ1) is 12.3. The molecule has 3 heteroatoms. The van der Waals surface area contributed by atoms with E-state index in [1.165, 1.54) is 19.4 Å². The second kappa shape index (κ2) is 5.48. The Labute approximate surface area is 98.8 Å². The maximum Gasteiger partial charge on any atom is 0.0624 e. The maximum atomic E-state index is 9.94. The van der Waals surface area contributed by atoms with E-state index in [2.05, 4.69) is 18.7 Å². The highest BCUT2D eigenvalue weighted by Crippen LogP contribution is 2.31. The summed E-state index contributed by atoms with van der Waals surface area (Å²) in [4.78, 5) is 2.51. The van der Waals surface area contributed by atoms with Crippen molar-refractivity contribution in [2.75, 3.05) is 26.3 Å². The van der Waals surface area contributed by atoms with Crippen LogP contribution in [0.15, 0.2) is 0 Å². The predicted molar refractivity (Wildman–Crippen MR) is 64.4 cm³/mol. The van der Waals surface area contributed by atoms with Crippen LogP contribution in [0.4, 0.5) is 0 Å². The zero-order valence-corrected chi connectivity index (χ0v) is 10.6. The molecule has 2 aliphatic rings. The summed E-state index contributed by atoms with van der Waals surface area (Å²) in [5.74, 6) is 1.24. The fourth-order valence-electron chi connectivity index (χ4n) is 2.39. The Morgan fingerprint density at radius 1 is 1.25 bits per heavy atom. The Hall–Kier alpha value is -0.120. The molecule has 0 spiro atoms. The van der Waals surface area contributed by atoms with E-state index in [0.29, 0.717) is 12.0 Å². The normalized spacial score (nSPS) is 31.3. The third kappa shape index (κ3) is 3.44. The van der Waals surface area contributed by atoms with Crippen LogP contribution in [0.2, 0.25) is 0 Å². The molecule has 2 unspecified atom stereocenters. The van der Waals surface area contributed by atoms with Crippen molar-refractivity contribution in [3.8, 4) is 0 Å². The topological polar surface area (TPSA) is 32.7 Å². The summed E-state index contributed by atoms with van der Waals surface area (Å²) in [5, 5.41) is 9.94. The summed E-state index contributed by atoms with van der Waals surface area (Å²) in [5.41, 5.74) is 0. The molecule has 2 rings (SSSR count). The van der Waals surface area contributed by atoms with Gasteiger partial charge in [-0.15, -0.1) is 0 Å². The molecule has 1 saturated heterocycles. The summed E-state index contributed by atoms with van der Waals surface area (Å²) in [6.45, 7) is 8.16. The van der Waals surface area contributed by atoms with Gasteiger partial charge < -0.3 is 14.7 Å². The average molecular weight is 227 g/mol. The molecule has 2 fully saturated rings. The van der Waals surface area contributed by atoms with Crippen LogP contribution in [0.3, 0.4) is 0 Å². The highest BCUT2D eigenvalue weighted by molar-refractivity contribution is 4.82. The lowest BCUT2D eigenvalue weighted by molar-refractivity contribution is -0.0497. The van der Waals surface area contributed by atoms with Crippen LogP contribution in [0.25, 0.3) is 0 Å². The Morgan fingerprint density at radius 3 is 2.56 bits per heavy atom. The number of aliphatic hydroxyl groups excluding tert-OH is 1. The summed E-state index contributed by atoms with van der Waals surface area (Å²) in [6.07, 6.45) is 3.44. The first-order valence-corrected chi connectivity index (χ1v) is 6.66. The molecular weight excluding hydrogens is 202 g/mol. The average Bonchev–Trinajstić information content (AvgIpc) is 3.04. The number of aliphatic hydroxyl groups is 1. The molecule has 0 aromatic carbocycles. The minimum absolute atomic E-state index is 0.158. The second-order valence-electron chi connectivity index (χ2n) is 5.68. The number of hydrogen-bond donors (Lipinski definition) is 1. The van der Waals surface area contributed by atoms with Crippen LogP contribution in [-0.2, 0) is 4.74 Å². The minimum atomic E-state index is -0.158. The van der Waals surface area contributed by atoms with E-state index < -0.39 is 0 Å². The van der Waals surface area contributed by atoms with Crippen molar-refractivity contribution in [1.29, 1.82) is 0 Å². The molecule has 2 atom stereocenters. The first-order valence-electron chi connectivity index (χ1n) is 6.66. The first-order chi connectivity index (χ1) is 7.66. The molecule has 0 bridgehead atoms. The third-order valence-electron chi connectivity index (χ3n) is 3.82. The molecule has 1 aliphatic heterocycles. The van der Waals surface area contributed by atoms with Crippen molar-refractivity contribution in [3.05, 3.63) is 0 Å². The van der Waals surface area contributed by atoms with Gasteiger partial charge in [0.25, 0.3) is 0 Å². The molecule has 16 heavy (non-hydrogen) atoms. The van der Waals surface area contributed by atoms with Gasteiger partial charge >= 0.3 is 0 Å². The highest BCUT2D eigenvalue weighted by atomic mass is 16.5. The molecule has 0 radical (unpaired) electrons. The van der Waals surface area contributed by atoms with Crippen LogP contribution in [0.5, 0.6) is 0 Å². The monoisotopic (exact) mass is 227 g/mol. The van der Waals surface area contributed by atoms with E-state index in [1.807, 2.05) is 0 Å². The summed E-state index contributed by atoms with van der Waals surface area (Å²) in [6, 6.07) is 0.578. The fourth-order valence-corrected chi connectivity index (χ4v) is 2.39. The van der Waals surface area contributed by atoms with E-state index in [-0.39, 0.29) is 6.10 Å². The van der Waals surface area contributed by atoms with Crippen molar-refractivity contribution in [1.82, 2.24) is 4.90 Å². The highest BCUT2D eigenvalue weighted by Gasteiger charge is 2.30. The van der Waals surface area contributed by atoms with Crippen molar-refractivity contribution < 1.29 is 9.84 Å². The van der Waals surface area contributed by atoms with E-state index in [4.69, 9.17) is 4.74 Å². The SMILES string of the molecule is CC(C)N(CC1CC1)CC1COCCC1O. The Bertz CT molecular complexity index is 216. The standard InChI is InChI=1S/C13H25NO2/c1-10(2)14(7-11-3-4-11)8-12-9-16-6-5-13(12)15/h10-13,15H,3-9H2,1-2H3. The number of nitrogens with zero attached hydrogens (tertiary/aromatic N) is 1. The van der Waals surface area contributed by atoms with Crippen LogP contribution in [0, 0.1) is 11.8 Å². The van der Waals surface area contributed by atoms with Gasteiger partial charge in [0.15, 0.2) is 0 Å². The summed E-state index contributed by atoms with van der Waals surface area (Å²) in [7, 11) is 0. The van der Waals surface area contributed by atoms with Gasteiger partial charge in [0, 0.05) is 31.7 Å². The minimum Gasteiger partial charge on any atom is -0.393 e. The molecular formula is C13H25NO2. The van der Waals surface area contributed by atoms with Gasteiger partial charge in [-0.2, -0.15) is 0 Å². The predicted octanol–water partition coefficient (Wildman–Crippen LogP) is 1.50. The van der Waals surface area contributed by atoms with Gasteiger partial charge in [-0.25, -0.2) is 0 Å². The van der Waals surface area contributed by atoms with Crippen LogP contribution in [-0.4, -0.2) is 48.5 Å². The lowest BCUT2D eigenvalue weighted by atomic mass is 9.97. The van der Waals surface area contributed by atoms with Crippen molar-refractivity contribution >= 4 is 0 Å². The molecule has 0 aromatic rings. The Balaban J connectivity index is 1.82. The quantitative estimate of drug-likeness (QED) is 0.772. The second-order valence-corrected chi connectivity index (χ2v) is 5.68. The summed E-state index contributed by atoms with van der Waals surface area (Å²) < 4.78 is 5.47. The van der Waals surface area contributed by atoms with Crippen molar-refractivity contribution in [3.63, 3.8) is 0 Å². The lowest BCUT2D eigenvalue weighted by Gasteiger charge is -2.35. The zero-order chi connectivity index (χ0) is 11.5. The molecule has 1 aliphatic carbocycles. The molecule has 3 nitrogen and oxygen atoms in total. The molecule has 1 saturated carbocycles. The van der Waals surface area contributed by atoms with Gasteiger partial charge in [-0.1, -0.05) is 0 Å². The molecule has 0 aromatic heterocycles. The van der Waals surface area contributed by atoms with Crippen LogP contribution in [0.1, 0.15) is 33.1 Å². The molecule has 1 heterocycles. The number of rotatable bonds is 5. The van der Waals surface area contributed by atoms with Crippen LogP contribution >= 0.6 is 0 Å². The van der Waals surface area contributed by atoms with Crippen LogP contribution < -0.4 is 0 Å². The molecule has 94 valence electrons.